The summed E-state index contributed by atoms with van der Waals surface area (Å²) >= 11 is 1.71. The Morgan fingerprint density at radius 2 is 2.14 bits per heavy atom. The summed E-state index contributed by atoms with van der Waals surface area (Å²) < 4.78 is 18.6. The van der Waals surface area contributed by atoms with Gasteiger partial charge < -0.3 is 10.1 Å². The molecule has 21 heavy (non-hydrogen) atoms. The minimum absolute atomic E-state index is 0.257. The number of hydrogen-bond acceptors (Lipinski definition) is 4. The molecule has 0 aliphatic carbocycles. The smallest absolute Gasteiger partial charge is 0.218 e. The predicted molar refractivity (Wildman–Crippen MR) is 83.1 cm³/mol. The van der Waals surface area contributed by atoms with Gasteiger partial charge in [-0.15, -0.1) is 11.3 Å². The van der Waals surface area contributed by atoms with Crippen molar-refractivity contribution in [3.63, 3.8) is 0 Å². The summed E-state index contributed by atoms with van der Waals surface area (Å²) in [5.74, 6) is 0.319. The lowest BCUT2D eigenvalue weighted by Gasteiger charge is -2.10. The molecule has 5 heteroatoms. The highest BCUT2D eigenvalue weighted by Crippen LogP contribution is 2.23. The van der Waals surface area contributed by atoms with Gasteiger partial charge in [-0.05, 0) is 35.7 Å². The number of nitrogens with one attached hydrogen (secondary N) is 1. The molecule has 3 rings (SSSR count). The Morgan fingerprint density at radius 3 is 2.90 bits per heavy atom. The van der Waals surface area contributed by atoms with Crippen LogP contribution in [0.4, 0.5) is 4.39 Å². The van der Waals surface area contributed by atoms with Crippen molar-refractivity contribution in [2.24, 2.45) is 0 Å². The topological polar surface area (TPSA) is 34.1 Å². The van der Waals surface area contributed by atoms with Crippen LogP contribution in [-0.2, 0) is 13.1 Å². The number of benzene rings is 1. The van der Waals surface area contributed by atoms with E-state index in [2.05, 4.69) is 21.7 Å². The van der Waals surface area contributed by atoms with Crippen LogP contribution in [0.1, 0.15) is 10.4 Å². The molecule has 0 spiro atoms. The van der Waals surface area contributed by atoms with Gasteiger partial charge in [-0.2, -0.15) is 0 Å². The third-order valence-electron chi connectivity index (χ3n) is 3.20. The fourth-order valence-corrected chi connectivity index (χ4v) is 2.88. The number of thiophene rings is 1. The van der Waals surface area contributed by atoms with Gasteiger partial charge in [0.05, 0.1) is 12.6 Å². The highest BCUT2D eigenvalue weighted by molar-refractivity contribution is 7.09. The van der Waals surface area contributed by atoms with Gasteiger partial charge in [0.1, 0.15) is 5.82 Å². The molecule has 0 amide bonds. The first-order valence-corrected chi connectivity index (χ1v) is 7.50. The summed E-state index contributed by atoms with van der Waals surface area (Å²) in [7, 11) is 1.60. The quantitative estimate of drug-likeness (QED) is 0.779. The Hall–Kier alpha value is -1.98. The fraction of sp³-hybridized carbons (Fsp3) is 0.188. The first-order chi connectivity index (χ1) is 10.3. The SMILES string of the molecule is COc1nc2ccc(F)cc2cc1CNCc1cccs1. The Balaban J connectivity index is 1.82. The molecule has 0 radical (unpaired) electrons. The summed E-state index contributed by atoms with van der Waals surface area (Å²) in [5.41, 5.74) is 1.66. The number of methoxy groups -OCH3 is 1. The van der Waals surface area contributed by atoms with Gasteiger partial charge in [0.2, 0.25) is 5.88 Å². The fourth-order valence-electron chi connectivity index (χ4n) is 2.21. The molecule has 1 aromatic carbocycles. The van der Waals surface area contributed by atoms with Gasteiger partial charge in [-0.1, -0.05) is 6.07 Å². The number of halogens is 1. The van der Waals surface area contributed by atoms with Gasteiger partial charge in [-0.25, -0.2) is 9.37 Å². The highest BCUT2D eigenvalue weighted by Gasteiger charge is 2.08. The maximum absolute atomic E-state index is 13.3. The zero-order chi connectivity index (χ0) is 14.7. The molecular formula is C16H15FN2OS. The van der Waals surface area contributed by atoms with Crippen molar-refractivity contribution in [3.8, 4) is 5.88 Å². The predicted octanol–water partition coefficient (Wildman–Crippen LogP) is 3.73. The molecule has 0 unspecified atom stereocenters. The summed E-state index contributed by atoms with van der Waals surface area (Å²) in [6.45, 7) is 1.42. The van der Waals surface area contributed by atoms with Gasteiger partial charge in [-0.3, -0.25) is 0 Å². The summed E-state index contributed by atoms with van der Waals surface area (Å²) in [5, 5.41) is 6.19. The Labute approximate surface area is 126 Å². The Bertz CT molecular complexity index is 743. The standard InChI is InChI=1S/C16H15FN2OS/c1-20-16-12(9-18-10-14-3-2-6-21-14)7-11-8-13(17)4-5-15(11)19-16/h2-8,18H,9-10H2,1H3. The molecule has 0 atom stereocenters. The molecule has 3 nitrogen and oxygen atoms in total. The highest BCUT2D eigenvalue weighted by atomic mass is 32.1. The normalized spacial score (nSPS) is 11.0. The number of ether oxygens (including phenoxy) is 1. The summed E-state index contributed by atoms with van der Waals surface area (Å²) in [6, 6.07) is 10.6. The van der Waals surface area contributed by atoms with E-state index in [4.69, 9.17) is 4.74 Å². The molecule has 0 aliphatic rings. The van der Waals surface area contributed by atoms with E-state index in [1.807, 2.05) is 12.1 Å². The van der Waals surface area contributed by atoms with E-state index in [0.29, 0.717) is 12.4 Å². The van der Waals surface area contributed by atoms with Gasteiger partial charge in [0, 0.05) is 28.9 Å². The molecule has 0 bridgehead atoms. The third kappa shape index (κ3) is 3.20. The van der Waals surface area contributed by atoms with Gasteiger partial charge in [0.15, 0.2) is 0 Å². The number of nitrogens with zero attached hydrogens (tertiary/aromatic N) is 1. The van der Waals surface area contributed by atoms with E-state index in [1.165, 1.54) is 17.0 Å². The first-order valence-electron chi connectivity index (χ1n) is 6.62. The largest absolute Gasteiger partial charge is 0.481 e. The Kier molecular flexibility index (Phi) is 4.13. The van der Waals surface area contributed by atoms with Crippen molar-refractivity contribution in [2.75, 3.05) is 7.11 Å². The van der Waals surface area contributed by atoms with Crippen LogP contribution in [0.25, 0.3) is 10.9 Å². The second-order valence-corrected chi connectivity index (χ2v) is 5.71. The van der Waals surface area contributed by atoms with Crippen LogP contribution < -0.4 is 10.1 Å². The van der Waals surface area contributed by atoms with E-state index in [0.717, 1.165) is 23.0 Å². The van der Waals surface area contributed by atoms with E-state index in [-0.39, 0.29) is 5.82 Å². The van der Waals surface area contributed by atoms with Crippen LogP contribution in [0.2, 0.25) is 0 Å². The number of hydrogen-bond donors (Lipinski definition) is 1. The molecule has 0 aliphatic heterocycles. The monoisotopic (exact) mass is 302 g/mol. The lowest BCUT2D eigenvalue weighted by Crippen LogP contribution is -2.13. The molecule has 0 saturated carbocycles. The molecule has 1 N–H and O–H groups in total. The number of pyridine rings is 1. The number of rotatable bonds is 5. The average molecular weight is 302 g/mol. The van der Waals surface area contributed by atoms with Crippen molar-refractivity contribution in [1.82, 2.24) is 10.3 Å². The van der Waals surface area contributed by atoms with E-state index in [1.54, 1.807) is 24.5 Å². The average Bonchev–Trinajstić information content (AvgIpc) is 2.99. The third-order valence-corrected chi connectivity index (χ3v) is 4.08. The zero-order valence-electron chi connectivity index (χ0n) is 11.6. The summed E-state index contributed by atoms with van der Waals surface area (Å²) in [6.07, 6.45) is 0. The van der Waals surface area contributed by atoms with Crippen LogP contribution in [0, 0.1) is 5.82 Å². The molecular weight excluding hydrogens is 287 g/mol. The van der Waals surface area contributed by atoms with Crippen LogP contribution in [0.15, 0.2) is 41.8 Å². The minimum Gasteiger partial charge on any atom is -0.481 e. The number of fused-ring (bicyclic) bond motifs is 1. The van der Waals surface area contributed by atoms with Crippen LogP contribution in [-0.4, -0.2) is 12.1 Å². The van der Waals surface area contributed by atoms with Gasteiger partial charge >= 0.3 is 0 Å². The molecule has 0 fully saturated rings. The van der Waals surface area contributed by atoms with Crippen LogP contribution in [0.5, 0.6) is 5.88 Å². The van der Waals surface area contributed by atoms with Gasteiger partial charge in [0.25, 0.3) is 0 Å². The second-order valence-electron chi connectivity index (χ2n) is 4.68. The molecule has 0 saturated heterocycles. The Morgan fingerprint density at radius 1 is 1.24 bits per heavy atom. The molecule has 3 aromatic rings. The molecule has 108 valence electrons. The van der Waals surface area contributed by atoms with Crippen molar-refractivity contribution in [2.45, 2.75) is 13.1 Å². The number of aromatic nitrogens is 1. The lowest BCUT2D eigenvalue weighted by atomic mass is 10.1. The first kappa shape index (κ1) is 14.0. The van der Waals surface area contributed by atoms with Crippen molar-refractivity contribution in [3.05, 3.63) is 58.0 Å². The maximum atomic E-state index is 13.3. The second kappa shape index (κ2) is 6.20. The van der Waals surface area contributed by atoms with Crippen LogP contribution in [0.3, 0.4) is 0 Å². The summed E-state index contributed by atoms with van der Waals surface area (Å²) in [4.78, 5) is 5.70. The molecule has 2 aromatic heterocycles. The van der Waals surface area contributed by atoms with Crippen LogP contribution >= 0.6 is 11.3 Å². The van der Waals surface area contributed by atoms with Crippen molar-refractivity contribution < 1.29 is 9.13 Å². The van der Waals surface area contributed by atoms with E-state index >= 15 is 0 Å². The maximum Gasteiger partial charge on any atom is 0.218 e. The van der Waals surface area contributed by atoms with E-state index < -0.39 is 0 Å². The minimum atomic E-state index is -0.257. The molecule has 2 heterocycles. The van der Waals surface area contributed by atoms with E-state index in [9.17, 15) is 4.39 Å². The lowest BCUT2D eigenvalue weighted by molar-refractivity contribution is 0.392. The zero-order valence-corrected chi connectivity index (χ0v) is 12.4. The van der Waals surface area contributed by atoms with Crippen molar-refractivity contribution in [1.29, 1.82) is 0 Å². The van der Waals surface area contributed by atoms with Crippen molar-refractivity contribution >= 4 is 22.2 Å².